The lowest BCUT2D eigenvalue weighted by Crippen LogP contribution is -2.27. The number of carbonyl (C=O) groups excluding carboxylic acids is 2. The van der Waals surface area contributed by atoms with Gasteiger partial charge in [-0.05, 0) is 30.7 Å². The van der Waals surface area contributed by atoms with E-state index >= 15 is 0 Å². The molecule has 0 aliphatic carbocycles. The second-order valence-electron chi connectivity index (χ2n) is 7.11. The Morgan fingerprint density at radius 1 is 1.15 bits per heavy atom. The molecule has 27 heavy (non-hydrogen) atoms. The highest BCUT2D eigenvalue weighted by atomic mass is 32.1. The summed E-state index contributed by atoms with van der Waals surface area (Å²) >= 11 is 2.64. The topological polar surface area (TPSA) is 80.3 Å². The quantitative estimate of drug-likeness (QED) is 0.648. The average Bonchev–Trinajstić information content (AvgIpc) is 3.16. The van der Waals surface area contributed by atoms with Crippen molar-refractivity contribution >= 4 is 54.8 Å². The number of ether oxygens (including phenoxy) is 1. The van der Waals surface area contributed by atoms with E-state index in [1.54, 1.807) is 7.11 Å². The fourth-order valence-electron chi connectivity index (χ4n) is 2.36. The van der Waals surface area contributed by atoms with E-state index in [1.807, 2.05) is 52.0 Å². The molecule has 0 aliphatic heterocycles. The van der Waals surface area contributed by atoms with Crippen molar-refractivity contribution in [3.63, 3.8) is 0 Å². The van der Waals surface area contributed by atoms with Crippen LogP contribution in [0.2, 0.25) is 0 Å². The van der Waals surface area contributed by atoms with Crippen LogP contribution in [-0.2, 0) is 4.79 Å². The second kappa shape index (κ2) is 7.28. The minimum Gasteiger partial charge on any atom is -0.494 e. The largest absolute Gasteiger partial charge is 0.494 e. The number of aryl methyl sites for hydroxylation is 1. The lowest BCUT2D eigenvalue weighted by Gasteiger charge is -2.16. The number of carbonyl (C=O) groups is 2. The summed E-state index contributed by atoms with van der Waals surface area (Å²) in [7, 11) is 1.59. The van der Waals surface area contributed by atoms with Crippen LogP contribution in [0.4, 0.5) is 10.1 Å². The van der Waals surface area contributed by atoms with Gasteiger partial charge in [0, 0.05) is 5.41 Å². The Bertz CT molecular complexity index is 1020. The summed E-state index contributed by atoms with van der Waals surface area (Å²) in [6.07, 6.45) is 0. The van der Waals surface area contributed by atoms with Crippen LogP contribution >= 0.6 is 22.7 Å². The van der Waals surface area contributed by atoms with Crippen molar-refractivity contribution in [1.82, 2.24) is 4.98 Å². The van der Waals surface area contributed by atoms with Crippen LogP contribution in [0.1, 0.15) is 36.0 Å². The molecular weight excluding hydrogens is 382 g/mol. The minimum atomic E-state index is -0.500. The Kier molecular flexibility index (Phi) is 5.21. The number of hydrogen-bond acceptors (Lipinski definition) is 6. The molecule has 0 unspecified atom stereocenters. The maximum Gasteiger partial charge on any atom is 0.267 e. The number of para-hydroxylation sites is 1. The molecule has 3 aromatic rings. The molecule has 0 aliphatic rings. The highest BCUT2D eigenvalue weighted by molar-refractivity contribution is 7.22. The van der Waals surface area contributed by atoms with Gasteiger partial charge in [-0.2, -0.15) is 0 Å². The normalized spacial score (nSPS) is 11.4. The van der Waals surface area contributed by atoms with Gasteiger partial charge in [0.05, 0.1) is 21.7 Å². The number of benzene rings is 1. The van der Waals surface area contributed by atoms with Gasteiger partial charge in [0.1, 0.15) is 11.3 Å². The van der Waals surface area contributed by atoms with Crippen LogP contribution in [0, 0.1) is 12.3 Å². The summed E-state index contributed by atoms with van der Waals surface area (Å²) in [5.74, 6) is 0.337. The Morgan fingerprint density at radius 2 is 1.89 bits per heavy atom. The number of nitrogens with zero attached hydrogens (tertiary/aromatic N) is 1. The number of methoxy groups -OCH3 is 1. The van der Waals surface area contributed by atoms with Gasteiger partial charge in [-0.3, -0.25) is 14.9 Å². The smallest absolute Gasteiger partial charge is 0.267 e. The Morgan fingerprint density at radius 3 is 2.56 bits per heavy atom. The van der Waals surface area contributed by atoms with Gasteiger partial charge >= 0.3 is 0 Å². The highest BCUT2D eigenvalue weighted by Gasteiger charge is 2.23. The zero-order valence-corrected chi connectivity index (χ0v) is 17.4. The molecule has 1 aromatic carbocycles. The number of hydrogen-bond donors (Lipinski definition) is 2. The zero-order chi connectivity index (χ0) is 19.8. The molecular formula is C19H21N3O3S2. The fourth-order valence-corrected chi connectivity index (χ4v) is 4.21. The number of aromatic nitrogens is 1. The molecule has 142 valence electrons. The number of nitrogens with one attached hydrogen (secondary N) is 2. The summed E-state index contributed by atoms with van der Waals surface area (Å²) in [5, 5.41) is 6.88. The first-order valence-corrected chi connectivity index (χ1v) is 9.99. The predicted molar refractivity (Wildman–Crippen MR) is 111 cm³/mol. The molecule has 2 heterocycles. The van der Waals surface area contributed by atoms with E-state index in [0.717, 1.165) is 15.8 Å². The van der Waals surface area contributed by atoms with Crippen LogP contribution < -0.4 is 15.4 Å². The predicted octanol–water partition coefficient (Wildman–Crippen LogP) is 4.91. The summed E-state index contributed by atoms with van der Waals surface area (Å²) in [6, 6.07) is 7.46. The van der Waals surface area contributed by atoms with Crippen molar-refractivity contribution < 1.29 is 14.3 Å². The number of rotatable bonds is 4. The maximum absolute atomic E-state index is 12.7. The summed E-state index contributed by atoms with van der Waals surface area (Å²) < 4.78 is 6.25. The number of thiazole rings is 1. The van der Waals surface area contributed by atoms with E-state index in [2.05, 4.69) is 15.6 Å². The van der Waals surface area contributed by atoms with Gasteiger partial charge in [0.25, 0.3) is 5.91 Å². The van der Waals surface area contributed by atoms with E-state index in [0.29, 0.717) is 20.8 Å². The number of thiophene rings is 1. The van der Waals surface area contributed by atoms with Gasteiger partial charge in [-0.15, -0.1) is 11.3 Å². The fraction of sp³-hybridized carbons (Fsp3) is 0.316. The van der Waals surface area contributed by atoms with Crippen molar-refractivity contribution in [2.75, 3.05) is 17.7 Å². The third-order valence-electron chi connectivity index (χ3n) is 3.86. The molecule has 0 radical (unpaired) electrons. The van der Waals surface area contributed by atoms with E-state index < -0.39 is 5.41 Å². The van der Waals surface area contributed by atoms with E-state index in [9.17, 15) is 9.59 Å². The van der Waals surface area contributed by atoms with Gasteiger partial charge in [0.15, 0.2) is 5.13 Å². The third kappa shape index (κ3) is 4.12. The van der Waals surface area contributed by atoms with E-state index in [-0.39, 0.29) is 11.8 Å². The van der Waals surface area contributed by atoms with E-state index in [1.165, 1.54) is 22.7 Å². The summed E-state index contributed by atoms with van der Waals surface area (Å²) in [5.41, 5.74) is 1.03. The number of fused-ring (bicyclic) bond motifs is 1. The molecule has 0 spiro atoms. The Labute approximate surface area is 165 Å². The first-order valence-electron chi connectivity index (χ1n) is 8.36. The molecule has 2 amide bonds. The average molecular weight is 404 g/mol. The van der Waals surface area contributed by atoms with Crippen LogP contribution in [0.5, 0.6) is 5.75 Å². The zero-order valence-electron chi connectivity index (χ0n) is 15.8. The first-order chi connectivity index (χ1) is 12.7. The highest BCUT2D eigenvalue weighted by Crippen LogP contribution is 2.33. The number of amides is 2. The van der Waals surface area contributed by atoms with Gasteiger partial charge in [-0.25, -0.2) is 4.98 Å². The third-order valence-corrected chi connectivity index (χ3v) is 5.95. The second-order valence-corrected chi connectivity index (χ2v) is 9.19. The molecule has 2 N–H and O–H groups in total. The monoisotopic (exact) mass is 403 g/mol. The molecule has 0 saturated carbocycles. The molecule has 0 bridgehead atoms. The van der Waals surface area contributed by atoms with Crippen LogP contribution in [0.25, 0.3) is 10.2 Å². The van der Waals surface area contributed by atoms with Crippen molar-refractivity contribution in [3.8, 4) is 5.75 Å². The lowest BCUT2D eigenvalue weighted by molar-refractivity contribution is -0.123. The lowest BCUT2D eigenvalue weighted by atomic mass is 9.96. The van der Waals surface area contributed by atoms with Crippen LogP contribution in [-0.4, -0.2) is 23.9 Å². The molecule has 2 aromatic heterocycles. The standard InChI is InChI=1S/C19H21N3O3S2/c1-10-9-13(20-17(24)19(2,3)4)27-15(10)16(23)22-18-21-14-11(25-5)7-6-8-12(14)26-18/h6-9H,1-5H3,(H,20,24)(H,21,22,23). The molecule has 6 nitrogen and oxygen atoms in total. The molecule has 0 fully saturated rings. The summed E-state index contributed by atoms with van der Waals surface area (Å²) in [6.45, 7) is 7.38. The number of anilines is 2. The van der Waals surface area contributed by atoms with Crippen LogP contribution in [0.3, 0.4) is 0 Å². The SMILES string of the molecule is COc1cccc2sc(NC(=O)c3sc(NC(=O)C(C)(C)C)cc3C)nc12. The Balaban J connectivity index is 1.80. The first kappa shape index (κ1) is 19.3. The van der Waals surface area contributed by atoms with Crippen molar-refractivity contribution in [2.45, 2.75) is 27.7 Å². The molecule has 0 saturated heterocycles. The maximum atomic E-state index is 12.7. The minimum absolute atomic E-state index is 0.0889. The van der Waals surface area contributed by atoms with E-state index in [4.69, 9.17) is 4.74 Å². The Hall–Kier alpha value is -2.45. The molecule has 8 heteroatoms. The van der Waals surface area contributed by atoms with Gasteiger partial charge < -0.3 is 10.1 Å². The summed E-state index contributed by atoms with van der Waals surface area (Å²) in [4.78, 5) is 29.8. The molecule has 0 atom stereocenters. The van der Waals surface area contributed by atoms with Crippen molar-refractivity contribution in [3.05, 3.63) is 34.7 Å². The van der Waals surface area contributed by atoms with Gasteiger partial charge in [-0.1, -0.05) is 38.2 Å². The van der Waals surface area contributed by atoms with Gasteiger partial charge in [0.2, 0.25) is 5.91 Å². The van der Waals surface area contributed by atoms with Crippen LogP contribution in [0.15, 0.2) is 24.3 Å². The van der Waals surface area contributed by atoms with Crippen molar-refractivity contribution in [2.24, 2.45) is 5.41 Å². The molecule has 3 rings (SSSR count). The van der Waals surface area contributed by atoms with Crippen molar-refractivity contribution in [1.29, 1.82) is 0 Å².